The third-order valence-electron chi connectivity index (χ3n) is 7.26. The lowest BCUT2D eigenvalue weighted by molar-refractivity contribution is -0.137. The van der Waals surface area contributed by atoms with Crippen LogP contribution in [0.1, 0.15) is 65.3 Å². The molecule has 0 saturated carbocycles. The van der Waals surface area contributed by atoms with Crippen LogP contribution in [0.15, 0.2) is 66.7 Å². The van der Waals surface area contributed by atoms with Gasteiger partial charge in [0.05, 0.1) is 28.5 Å². The molecule has 3 aromatic carbocycles. The molecule has 5 rings (SSSR count). The van der Waals surface area contributed by atoms with E-state index in [1.807, 2.05) is 36.4 Å². The number of rotatable bonds is 8. The first-order chi connectivity index (χ1) is 18.4. The highest BCUT2D eigenvalue weighted by atomic mass is 19.1. The van der Waals surface area contributed by atoms with E-state index in [1.54, 1.807) is 36.2 Å². The Bertz CT molecular complexity index is 1490. The number of unbranched alkanes of at least 4 members (excludes halogenated alkanes) is 1. The summed E-state index contributed by atoms with van der Waals surface area (Å²) in [5.41, 5.74) is 6.32. The number of hydrogen-bond donors (Lipinski definition) is 1. The number of carboxylic acids is 1. The zero-order chi connectivity index (χ0) is 26.6. The molecular formula is C31H30FN3O3. The van der Waals surface area contributed by atoms with Crippen molar-refractivity contribution in [3.8, 4) is 11.3 Å². The zero-order valence-corrected chi connectivity index (χ0v) is 21.4. The summed E-state index contributed by atoms with van der Waals surface area (Å²) in [5.74, 6) is -1.18. The molecule has 1 atom stereocenters. The number of nitrogens with zero attached hydrogens (tertiary/aromatic N) is 3. The molecule has 194 valence electrons. The molecule has 0 radical (unpaired) electrons. The van der Waals surface area contributed by atoms with Gasteiger partial charge in [-0.2, -0.15) is 0 Å². The summed E-state index contributed by atoms with van der Waals surface area (Å²) in [7, 11) is 1.80. The van der Waals surface area contributed by atoms with Crippen molar-refractivity contribution in [2.75, 3.05) is 7.05 Å². The van der Waals surface area contributed by atoms with E-state index in [4.69, 9.17) is 15.1 Å². The molecule has 1 aromatic heterocycles. The van der Waals surface area contributed by atoms with E-state index in [9.17, 15) is 14.0 Å². The molecule has 0 fully saturated rings. The van der Waals surface area contributed by atoms with Crippen molar-refractivity contribution < 1.29 is 19.1 Å². The van der Waals surface area contributed by atoms with E-state index in [0.717, 1.165) is 47.3 Å². The summed E-state index contributed by atoms with van der Waals surface area (Å²) in [6, 6.07) is 19.9. The van der Waals surface area contributed by atoms with Gasteiger partial charge in [-0.3, -0.25) is 9.59 Å². The Kier molecular flexibility index (Phi) is 7.45. The maximum atomic E-state index is 13.8. The molecule has 1 aliphatic carbocycles. The van der Waals surface area contributed by atoms with E-state index in [1.165, 1.54) is 6.07 Å². The summed E-state index contributed by atoms with van der Waals surface area (Å²) in [5, 5.41) is 8.99. The number of benzene rings is 3. The molecule has 1 unspecified atom stereocenters. The van der Waals surface area contributed by atoms with Crippen LogP contribution >= 0.6 is 0 Å². The Morgan fingerprint density at radius 2 is 1.82 bits per heavy atom. The molecule has 0 spiro atoms. The van der Waals surface area contributed by atoms with Gasteiger partial charge in [-0.15, -0.1) is 0 Å². The number of carbonyl (C=O) groups excluding carboxylic acids is 1. The second-order valence-corrected chi connectivity index (χ2v) is 9.86. The van der Waals surface area contributed by atoms with Gasteiger partial charge >= 0.3 is 5.97 Å². The number of carboxylic acid groups (broad SMARTS) is 1. The van der Waals surface area contributed by atoms with Gasteiger partial charge in [0.25, 0.3) is 5.91 Å². The lowest BCUT2D eigenvalue weighted by atomic mass is 9.86. The Morgan fingerprint density at radius 1 is 1.00 bits per heavy atom. The van der Waals surface area contributed by atoms with Crippen LogP contribution in [0, 0.1) is 5.82 Å². The first kappa shape index (κ1) is 25.5. The van der Waals surface area contributed by atoms with Gasteiger partial charge in [0.2, 0.25) is 0 Å². The minimum absolute atomic E-state index is 0.112. The average Bonchev–Trinajstić information content (AvgIpc) is 2.93. The fourth-order valence-electron chi connectivity index (χ4n) is 5.30. The van der Waals surface area contributed by atoms with Crippen molar-refractivity contribution >= 4 is 22.9 Å². The van der Waals surface area contributed by atoms with Gasteiger partial charge in [0.15, 0.2) is 0 Å². The zero-order valence-electron chi connectivity index (χ0n) is 21.4. The Balaban J connectivity index is 1.45. The monoisotopic (exact) mass is 511 g/mol. The standard InChI is InChI=1S/C31H30FN3O3/c1-35(28-12-7-10-21-18-23(32)15-16-24(21)28)31(38)22-14-17-25-27(19-22)33-26(11-5-6-13-29(36)37)30(34-25)20-8-3-2-4-9-20/h2-4,8-9,14-19,28H,5-7,10-13H2,1H3,(H,36,37). The maximum Gasteiger partial charge on any atom is 0.303 e. The Hall–Kier alpha value is -4.13. The molecule has 1 heterocycles. The molecule has 38 heavy (non-hydrogen) atoms. The molecule has 0 aliphatic heterocycles. The van der Waals surface area contributed by atoms with Crippen molar-refractivity contribution in [1.29, 1.82) is 0 Å². The van der Waals surface area contributed by atoms with Crippen LogP contribution in [-0.4, -0.2) is 38.9 Å². The van der Waals surface area contributed by atoms with E-state index in [2.05, 4.69) is 0 Å². The van der Waals surface area contributed by atoms with E-state index in [0.29, 0.717) is 35.9 Å². The first-order valence-electron chi connectivity index (χ1n) is 13.0. The third kappa shape index (κ3) is 5.42. The quantitative estimate of drug-likeness (QED) is 0.278. The van der Waals surface area contributed by atoms with Crippen LogP contribution < -0.4 is 0 Å². The predicted molar refractivity (Wildman–Crippen MR) is 144 cm³/mol. The van der Waals surface area contributed by atoms with Crippen molar-refractivity contribution in [1.82, 2.24) is 14.9 Å². The third-order valence-corrected chi connectivity index (χ3v) is 7.26. The van der Waals surface area contributed by atoms with Crippen LogP contribution in [0.2, 0.25) is 0 Å². The smallest absolute Gasteiger partial charge is 0.303 e. The largest absolute Gasteiger partial charge is 0.481 e. The fraction of sp³-hybridized carbons (Fsp3) is 0.290. The number of hydrogen-bond acceptors (Lipinski definition) is 4. The van der Waals surface area contributed by atoms with E-state index < -0.39 is 5.97 Å². The number of fused-ring (bicyclic) bond motifs is 2. The molecule has 1 aliphatic rings. The van der Waals surface area contributed by atoms with E-state index in [-0.39, 0.29) is 24.2 Å². The topological polar surface area (TPSA) is 83.4 Å². The summed E-state index contributed by atoms with van der Waals surface area (Å²) >= 11 is 0. The number of aromatic nitrogens is 2. The van der Waals surface area contributed by atoms with Crippen molar-refractivity contribution in [2.45, 2.75) is 51.0 Å². The van der Waals surface area contributed by atoms with Gasteiger partial charge in [-0.05, 0) is 80.0 Å². The number of amides is 1. The van der Waals surface area contributed by atoms with Crippen molar-refractivity contribution in [3.63, 3.8) is 0 Å². The van der Waals surface area contributed by atoms with Crippen LogP contribution in [0.5, 0.6) is 0 Å². The Labute approximate surface area is 221 Å². The van der Waals surface area contributed by atoms with Crippen LogP contribution in [0.25, 0.3) is 22.3 Å². The second kappa shape index (κ2) is 11.1. The number of aliphatic carboxylic acids is 1. The van der Waals surface area contributed by atoms with Gasteiger partial charge in [0, 0.05) is 24.6 Å². The normalized spacial score (nSPS) is 14.7. The summed E-state index contributed by atoms with van der Waals surface area (Å²) < 4.78 is 13.8. The molecule has 4 aromatic rings. The molecular weight excluding hydrogens is 481 g/mol. The van der Waals surface area contributed by atoms with Gasteiger partial charge in [-0.1, -0.05) is 36.4 Å². The fourth-order valence-corrected chi connectivity index (χ4v) is 5.30. The van der Waals surface area contributed by atoms with Gasteiger partial charge < -0.3 is 10.0 Å². The number of aryl methyl sites for hydroxylation is 2. The van der Waals surface area contributed by atoms with E-state index >= 15 is 0 Å². The van der Waals surface area contributed by atoms with Crippen molar-refractivity contribution in [3.05, 3.63) is 94.9 Å². The number of carbonyl (C=O) groups is 2. The molecule has 1 N–H and O–H groups in total. The number of halogens is 1. The summed E-state index contributed by atoms with van der Waals surface area (Å²) in [4.78, 5) is 36.1. The van der Waals surface area contributed by atoms with Crippen LogP contribution in [-0.2, 0) is 17.6 Å². The minimum Gasteiger partial charge on any atom is -0.481 e. The molecule has 7 heteroatoms. The molecule has 0 saturated heterocycles. The SMILES string of the molecule is CN(C(=O)c1ccc2nc(-c3ccccc3)c(CCCCC(=O)O)nc2c1)C1CCCc2cc(F)ccc21. The highest BCUT2D eigenvalue weighted by Gasteiger charge is 2.28. The maximum absolute atomic E-state index is 13.8. The lowest BCUT2D eigenvalue weighted by Gasteiger charge is -2.33. The summed E-state index contributed by atoms with van der Waals surface area (Å²) in [6.45, 7) is 0. The van der Waals surface area contributed by atoms with Crippen LogP contribution in [0.3, 0.4) is 0 Å². The second-order valence-electron chi connectivity index (χ2n) is 9.86. The average molecular weight is 512 g/mol. The molecule has 6 nitrogen and oxygen atoms in total. The van der Waals surface area contributed by atoms with Crippen LogP contribution in [0.4, 0.5) is 4.39 Å². The van der Waals surface area contributed by atoms with Gasteiger partial charge in [0.1, 0.15) is 5.82 Å². The highest BCUT2D eigenvalue weighted by molar-refractivity contribution is 5.97. The summed E-state index contributed by atoms with van der Waals surface area (Å²) in [6.07, 6.45) is 4.48. The first-order valence-corrected chi connectivity index (χ1v) is 13.0. The predicted octanol–water partition coefficient (Wildman–Crippen LogP) is 6.38. The molecule has 0 bridgehead atoms. The highest BCUT2D eigenvalue weighted by Crippen LogP contribution is 2.35. The van der Waals surface area contributed by atoms with Gasteiger partial charge in [-0.25, -0.2) is 14.4 Å². The Morgan fingerprint density at radius 3 is 2.61 bits per heavy atom. The minimum atomic E-state index is -0.809. The van der Waals surface area contributed by atoms with Crippen molar-refractivity contribution in [2.24, 2.45) is 0 Å². The lowest BCUT2D eigenvalue weighted by Crippen LogP contribution is -2.33. The molecule has 1 amide bonds.